The van der Waals surface area contributed by atoms with Crippen LogP contribution in [0.4, 0.5) is 5.69 Å². The smallest absolute Gasteiger partial charge is 0.297 e. The summed E-state index contributed by atoms with van der Waals surface area (Å²) in [6, 6.07) is 11.8. The fourth-order valence-electron chi connectivity index (χ4n) is 3.57. The van der Waals surface area contributed by atoms with Gasteiger partial charge in [0.25, 0.3) is 10.1 Å². The molecule has 3 aromatic rings. The molecule has 4 rings (SSSR count). The van der Waals surface area contributed by atoms with Crippen molar-refractivity contribution in [2.24, 2.45) is 5.92 Å². The van der Waals surface area contributed by atoms with E-state index in [1.54, 1.807) is 24.3 Å². The Morgan fingerprint density at radius 3 is 2.32 bits per heavy atom. The number of hydrogen-bond acceptors (Lipinski definition) is 7. The van der Waals surface area contributed by atoms with Crippen molar-refractivity contribution in [2.45, 2.75) is 38.5 Å². The molecule has 0 saturated heterocycles. The van der Waals surface area contributed by atoms with Crippen LogP contribution in [0.2, 0.25) is 0 Å². The average Bonchev–Trinajstić information content (AvgIpc) is 3.64. The Morgan fingerprint density at radius 1 is 1.00 bits per heavy atom. The Kier molecular flexibility index (Phi) is 6.95. The number of carbonyl (C=O) groups excluding carboxylic acids is 1. The molecule has 1 aromatic heterocycles. The van der Waals surface area contributed by atoms with Crippen molar-refractivity contribution in [3.8, 4) is 16.9 Å². The van der Waals surface area contributed by atoms with Crippen LogP contribution in [-0.2, 0) is 19.1 Å². The molecule has 1 saturated carbocycles. The van der Waals surface area contributed by atoms with Crippen molar-refractivity contribution >= 4 is 21.7 Å². The van der Waals surface area contributed by atoms with Crippen molar-refractivity contribution in [3.05, 3.63) is 65.7 Å². The summed E-state index contributed by atoms with van der Waals surface area (Å²) < 4.78 is 35.9. The quantitative estimate of drug-likeness (QED) is 0.360. The number of anilines is 1. The average molecular weight is 482 g/mol. The van der Waals surface area contributed by atoms with Crippen LogP contribution < -0.4 is 10.1 Å². The number of benzene rings is 2. The lowest BCUT2D eigenvalue weighted by molar-refractivity contribution is -0.117. The monoisotopic (exact) mass is 481 g/mol. The topological polar surface area (TPSA) is 107 Å². The molecule has 0 unspecified atom stereocenters. The van der Waals surface area contributed by atoms with Gasteiger partial charge in [0.05, 0.1) is 4.90 Å². The highest BCUT2D eigenvalue weighted by Gasteiger charge is 2.29. The zero-order valence-corrected chi connectivity index (χ0v) is 20.2. The van der Waals surface area contributed by atoms with E-state index >= 15 is 0 Å². The number of rotatable bonds is 9. The first kappa shape index (κ1) is 23.8. The van der Waals surface area contributed by atoms with E-state index in [4.69, 9.17) is 8.92 Å². The van der Waals surface area contributed by atoms with E-state index in [2.05, 4.69) is 15.3 Å². The minimum atomic E-state index is -3.88. The maximum atomic E-state index is 12.4. The molecule has 1 aliphatic carbocycles. The molecular formula is C25H27N3O5S. The number of aromatic nitrogens is 2. The molecule has 34 heavy (non-hydrogen) atoms. The molecular weight excluding hydrogens is 454 g/mol. The fraction of sp³-hybridized carbons (Fsp3) is 0.320. The molecule has 9 heteroatoms. The SMILES string of the molecule is Cc1ccc(S(=O)(=O)OCCOc2ccc(NC(=O)C3CC3)cc2-c2c(C)ncnc2C)cc1. The van der Waals surface area contributed by atoms with Gasteiger partial charge < -0.3 is 10.1 Å². The summed E-state index contributed by atoms with van der Waals surface area (Å²) in [5.41, 5.74) is 4.66. The van der Waals surface area contributed by atoms with E-state index in [0.717, 1.165) is 35.4 Å². The predicted octanol–water partition coefficient (Wildman–Crippen LogP) is 4.20. The molecule has 1 fully saturated rings. The summed E-state index contributed by atoms with van der Waals surface area (Å²) in [5.74, 6) is 0.601. The highest BCUT2D eigenvalue weighted by molar-refractivity contribution is 7.86. The Balaban J connectivity index is 1.51. The van der Waals surface area contributed by atoms with Gasteiger partial charge in [-0.05, 0) is 63.9 Å². The van der Waals surface area contributed by atoms with Crippen LogP contribution in [0.15, 0.2) is 53.7 Å². The van der Waals surface area contributed by atoms with E-state index in [9.17, 15) is 13.2 Å². The third-order valence-corrected chi connectivity index (χ3v) is 6.91. The van der Waals surface area contributed by atoms with E-state index < -0.39 is 10.1 Å². The normalized spacial score (nSPS) is 13.5. The van der Waals surface area contributed by atoms with Gasteiger partial charge >= 0.3 is 0 Å². The molecule has 0 bridgehead atoms. The lowest BCUT2D eigenvalue weighted by Gasteiger charge is -2.16. The Hall–Kier alpha value is -3.30. The Bertz CT molecular complexity index is 1280. The van der Waals surface area contributed by atoms with Gasteiger partial charge in [-0.15, -0.1) is 0 Å². The van der Waals surface area contributed by atoms with Crippen molar-refractivity contribution < 1.29 is 22.1 Å². The van der Waals surface area contributed by atoms with Gasteiger partial charge in [0.2, 0.25) is 5.91 Å². The van der Waals surface area contributed by atoms with Gasteiger partial charge in [-0.25, -0.2) is 9.97 Å². The van der Waals surface area contributed by atoms with Gasteiger partial charge in [0.1, 0.15) is 25.3 Å². The first-order valence-corrected chi connectivity index (χ1v) is 12.5. The van der Waals surface area contributed by atoms with Crippen LogP contribution in [0.5, 0.6) is 5.75 Å². The third kappa shape index (κ3) is 5.60. The first-order chi connectivity index (χ1) is 16.2. The minimum absolute atomic E-state index is 0.00656. The van der Waals surface area contributed by atoms with Crippen molar-refractivity contribution in [1.82, 2.24) is 9.97 Å². The molecule has 1 aliphatic rings. The molecule has 2 aromatic carbocycles. The van der Waals surface area contributed by atoms with Gasteiger partial charge in [-0.3, -0.25) is 8.98 Å². The van der Waals surface area contributed by atoms with E-state index in [-0.39, 0.29) is 29.9 Å². The summed E-state index contributed by atoms with van der Waals surface area (Å²) in [6.07, 6.45) is 3.32. The highest BCUT2D eigenvalue weighted by Crippen LogP contribution is 2.36. The standard InChI is InChI=1S/C25H27N3O5S/c1-16-4-9-21(10-5-16)34(30,31)33-13-12-32-23-11-8-20(28-25(29)19-6-7-19)14-22(23)24-17(2)26-15-27-18(24)3/h4-5,8-11,14-15,19H,6-7,12-13H2,1-3H3,(H,28,29). The molecule has 1 heterocycles. The van der Waals surface area contributed by atoms with Gasteiger partial charge in [0.15, 0.2) is 0 Å². The molecule has 1 N–H and O–H groups in total. The van der Waals surface area contributed by atoms with Crippen molar-refractivity contribution in [3.63, 3.8) is 0 Å². The van der Waals surface area contributed by atoms with Crippen LogP contribution in [0, 0.1) is 26.7 Å². The summed E-state index contributed by atoms with van der Waals surface area (Å²) in [5, 5.41) is 2.95. The molecule has 0 atom stereocenters. The summed E-state index contributed by atoms with van der Waals surface area (Å²) in [4.78, 5) is 20.9. The molecule has 0 spiro atoms. The fourth-order valence-corrected chi connectivity index (χ4v) is 4.46. The zero-order valence-electron chi connectivity index (χ0n) is 19.4. The summed E-state index contributed by atoms with van der Waals surface area (Å²) in [7, 11) is -3.88. The van der Waals surface area contributed by atoms with Gasteiger partial charge in [-0.2, -0.15) is 8.42 Å². The number of aryl methyl sites for hydroxylation is 3. The number of carbonyl (C=O) groups is 1. The van der Waals surface area contributed by atoms with Crippen LogP contribution in [0.25, 0.3) is 11.1 Å². The van der Waals surface area contributed by atoms with Crippen LogP contribution in [0.1, 0.15) is 29.8 Å². The predicted molar refractivity (Wildman–Crippen MR) is 128 cm³/mol. The number of amides is 1. The first-order valence-electron chi connectivity index (χ1n) is 11.1. The number of nitrogens with one attached hydrogen (secondary N) is 1. The molecule has 0 aliphatic heterocycles. The molecule has 0 radical (unpaired) electrons. The van der Waals surface area contributed by atoms with Crippen LogP contribution in [0.3, 0.4) is 0 Å². The molecule has 1 amide bonds. The van der Waals surface area contributed by atoms with E-state index in [1.807, 2.05) is 26.8 Å². The molecule has 8 nitrogen and oxygen atoms in total. The second-order valence-corrected chi connectivity index (χ2v) is 9.95. The Morgan fingerprint density at radius 2 is 1.68 bits per heavy atom. The molecule has 178 valence electrons. The lowest BCUT2D eigenvalue weighted by atomic mass is 10.0. The van der Waals surface area contributed by atoms with E-state index in [0.29, 0.717) is 17.0 Å². The second-order valence-electron chi connectivity index (χ2n) is 8.33. The van der Waals surface area contributed by atoms with Gasteiger partial charge in [0, 0.05) is 34.1 Å². The minimum Gasteiger partial charge on any atom is -0.490 e. The largest absolute Gasteiger partial charge is 0.490 e. The van der Waals surface area contributed by atoms with Crippen LogP contribution >= 0.6 is 0 Å². The summed E-state index contributed by atoms with van der Waals surface area (Å²) in [6.45, 7) is 5.49. The number of ether oxygens (including phenoxy) is 1. The Labute approximate surface area is 199 Å². The van der Waals surface area contributed by atoms with Crippen LogP contribution in [-0.4, -0.2) is 37.5 Å². The van der Waals surface area contributed by atoms with Crippen molar-refractivity contribution in [1.29, 1.82) is 0 Å². The maximum Gasteiger partial charge on any atom is 0.297 e. The highest BCUT2D eigenvalue weighted by atomic mass is 32.2. The third-order valence-electron chi connectivity index (χ3n) is 5.58. The van der Waals surface area contributed by atoms with Gasteiger partial charge in [-0.1, -0.05) is 17.7 Å². The maximum absolute atomic E-state index is 12.4. The summed E-state index contributed by atoms with van der Waals surface area (Å²) >= 11 is 0. The lowest BCUT2D eigenvalue weighted by Crippen LogP contribution is -2.14. The number of hydrogen-bond donors (Lipinski definition) is 1. The van der Waals surface area contributed by atoms with E-state index in [1.165, 1.54) is 18.5 Å². The number of nitrogens with zero attached hydrogens (tertiary/aromatic N) is 2. The zero-order chi connectivity index (χ0) is 24.3. The second kappa shape index (κ2) is 9.90. The van der Waals surface area contributed by atoms with Crippen molar-refractivity contribution in [2.75, 3.05) is 18.5 Å².